The lowest BCUT2D eigenvalue weighted by molar-refractivity contribution is -0.137. The molecule has 142 valence electrons. The quantitative estimate of drug-likeness (QED) is 0.505. The number of halogens is 3. The Hall–Kier alpha value is -2.06. The van der Waals surface area contributed by atoms with Crippen molar-refractivity contribution in [2.75, 3.05) is 6.54 Å². The molecule has 2 heterocycles. The fraction of sp³-hybridized carbons (Fsp3) is 0.263. The van der Waals surface area contributed by atoms with Gasteiger partial charge < -0.3 is 4.57 Å². The van der Waals surface area contributed by atoms with Crippen molar-refractivity contribution in [2.24, 2.45) is 0 Å². The topological polar surface area (TPSA) is 25.2 Å². The van der Waals surface area contributed by atoms with Crippen molar-refractivity contribution in [1.29, 1.82) is 0 Å². The minimum atomic E-state index is -4.40. The molecule has 1 amide bonds. The van der Waals surface area contributed by atoms with Gasteiger partial charge in [0.25, 0.3) is 5.91 Å². The largest absolute Gasteiger partial charge is 0.416 e. The van der Waals surface area contributed by atoms with Crippen LogP contribution in [0.1, 0.15) is 29.4 Å². The molecule has 1 aromatic heterocycles. The minimum absolute atomic E-state index is 0.142. The molecule has 1 aliphatic heterocycles. The predicted octanol–water partition coefficient (Wildman–Crippen LogP) is 5.33. The van der Waals surface area contributed by atoms with E-state index in [1.165, 1.54) is 22.7 Å². The number of benzene rings is 1. The molecule has 0 bridgehead atoms. The Labute approximate surface area is 164 Å². The van der Waals surface area contributed by atoms with Crippen molar-refractivity contribution in [3.05, 3.63) is 57.8 Å². The maximum Gasteiger partial charge on any atom is 0.416 e. The van der Waals surface area contributed by atoms with Crippen molar-refractivity contribution < 1.29 is 18.0 Å². The predicted molar refractivity (Wildman–Crippen MR) is 106 cm³/mol. The Morgan fingerprint density at radius 1 is 1.22 bits per heavy atom. The number of aromatic nitrogens is 1. The third-order valence-corrected chi connectivity index (χ3v) is 5.76. The molecule has 0 N–H and O–H groups in total. The highest BCUT2D eigenvalue weighted by Gasteiger charge is 2.32. The van der Waals surface area contributed by atoms with Crippen LogP contribution in [0.5, 0.6) is 0 Å². The van der Waals surface area contributed by atoms with E-state index in [-0.39, 0.29) is 5.91 Å². The van der Waals surface area contributed by atoms with Crippen LogP contribution in [0.3, 0.4) is 0 Å². The van der Waals surface area contributed by atoms with Crippen LogP contribution in [0.25, 0.3) is 11.8 Å². The summed E-state index contributed by atoms with van der Waals surface area (Å²) >= 11 is 6.45. The zero-order valence-corrected chi connectivity index (χ0v) is 16.6. The maximum absolute atomic E-state index is 13.0. The first-order chi connectivity index (χ1) is 12.6. The Morgan fingerprint density at radius 3 is 2.52 bits per heavy atom. The number of hydrogen-bond donors (Lipinski definition) is 0. The van der Waals surface area contributed by atoms with Crippen molar-refractivity contribution in [2.45, 2.75) is 26.9 Å². The van der Waals surface area contributed by atoms with E-state index in [4.69, 9.17) is 12.2 Å². The number of likely N-dealkylation sites (N-methyl/N-ethyl adjacent to an activating group) is 1. The van der Waals surface area contributed by atoms with E-state index in [0.29, 0.717) is 21.5 Å². The van der Waals surface area contributed by atoms with Crippen molar-refractivity contribution in [1.82, 2.24) is 9.47 Å². The van der Waals surface area contributed by atoms with Gasteiger partial charge in [0.15, 0.2) is 0 Å². The number of amides is 1. The number of aryl methyl sites for hydroxylation is 1. The van der Waals surface area contributed by atoms with E-state index in [0.717, 1.165) is 29.1 Å². The van der Waals surface area contributed by atoms with E-state index in [1.807, 2.05) is 26.8 Å². The second kappa shape index (κ2) is 7.16. The Balaban J connectivity index is 2.03. The first-order valence-corrected chi connectivity index (χ1v) is 9.48. The van der Waals surface area contributed by atoms with Crippen molar-refractivity contribution >= 4 is 40.3 Å². The summed E-state index contributed by atoms with van der Waals surface area (Å²) in [7, 11) is 0. The van der Waals surface area contributed by atoms with Gasteiger partial charge in [-0.15, -0.1) is 0 Å². The maximum atomic E-state index is 13.0. The molecular weight excluding hydrogens is 393 g/mol. The molecule has 3 rings (SSSR count). The second-order valence-corrected chi connectivity index (χ2v) is 7.81. The highest BCUT2D eigenvalue weighted by Crippen LogP contribution is 2.35. The highest BCUT2D eigenvalue weighted by molar-refractivity contribution is 8.26. The third-order valence-electron chi connectivity index (χ3n) is 4.38. The lowest BCUT2D eigenvalue weighted by Crippen LogP contribution is -2.27. The highest BCUT2D eigenvalue weighted by atomic mass is 32.2. The molecule has 1 aliphatic rings. The van der Waals surface area contributed by atoms with Gasteiger partial charge in [-0.1, -0.05) is 30.0 Å². The Morgan fingerprint density at radius 2 is 1.93 bits per heavy atom. The van der Waals surface area contributed by atoms with Crippen LogP contribution in [-0.2, 0) is 11.0 Å². The number of hydrogen-bond acceptors (Lipinski definition) is 3. The molecule has 0 unspecified atom stereocenters. The van der Waals surface area contributed by atoms with Gasteiger partial charge in [-0.05, 0) is 56.7 Å². The lowest BCUT2D eigenvalue weighted by Gasteiger charge is -2.13. The smallest absolute Gasteiger partial charge is 0.318 e. The van der Waals surface area contributed by atoms with Gasteiger partial charge in [-0.25, -0.2) is 0 Å². The van der Waals surface area contributed by atoms with Crippen LogP contribution in [0.15, 0.2) is 35.2 Å². The van der Waals surface area contributed by atoms with Gasteiger partial charge in [-0.2, -0.15) is 13.2 Å². The standard InChI is InChI=1S/C19H17F3N2OS2/c1-4-23-17(25)16(27-18(23)26)9-13-8-11(2)24(12(13)3)15-7-5-6-14(10-15)19(20,21)22/h5-10H,4H2,1-3H3/b16-9-. The van der Waals surface area contributed by atoms with Crippen molar-refractivity contribution in [3.8, 4) is 5.69 Å². The average Bonchev–Trinajstić information content (AvgIpc) is 3.02. The molecule has 27 heavy (non-hydrogen) atoms. The number of carbonyl (C=O) groups excluding carboxylic acids is 1. The third kappa shape index (κ3) is 3.68. The zero-order chi connectivity index (χ0) is 19.9. The molecule has 0 atom stereocenters. The molecule has 2 aromatic rings. The number of thioether (sulfide) groups is 1. The van der Waals surface area contributed by atoms with Gasteiger partial charge >= 0.3 is 6.18 Å². The van der Waals surface area contributed by atoms with Gasteiger partial charge in [0.05, 0.1) is 10.5 Å². The fourth-order valence-corrected chi connectivity index (χ4v) is 4.44. The molecule has 1 saturated heterocycles. The summed E-state index contributed by atoms with van der Waals surface area (Å²) in [6, 6.07) is 7.06. The number of carbonyl (C=O) groups is 1. The Kier molecular flexibility index (Phi) is 5.22. The van der Waals surface area contributed by atoms with Gasteiger partial charge in [0, 0.05) is 23.6 Å². The first-order valence-electron chi connectivity index (χ1n) is 8.25. The molecule has 1 aromatic carbocycles. The van der Waals surface area contributed by atoms with E-state index in [1.54, 1.807) is 16.7 Å². The first kappa shape index (κ1) is 19.7. The molecule has 0 saturated carbocycles. The summed E-state index contributed by atoms with van der Waals surface area (Å²) in [6.45, 7) is 6.00. The van der Waals surface area contributed by atoms with Crippen LogP contribution in [0.4, 0.5) is 13.2 Å². The number of rotatable bonds is 3. The van der Waals surface area contributed by atoms with Crippen LogP contribution in [0.2, 0.25) is 0 Å². The number of thiocarbonyl (C=S) groups is 1. The summed E-state index contributed by atoms with van der Waals surface area (Å²) < 4.78 is 41.4. The van der Waals surface area contributed by atoms with Crippen LogP contribution in [-0.4, -0.2) is 26.2 Å². The van der Waals surface area contributed by atoms with Gasteiger partial charge in [-0.3, -0.25) is 9.69 Å². The molecule has 0 aliphatic carbocycles. The molecule has 1 fully saturated rings. The van der Waals surface area contributed by atoms with E-state index in [9.17, 15) is 18.0 Å². The van der Waals surface area contributed by atoms with E-state index in [2.05, 4.69) is 0 Å². The van der Waals surface area contributed by atoms with Crippen LogP contribution >= 0.6 is 24.0 Å². The van der Waals surface area contributed by atoms with Crippen LogP contribution in [0, 0.1) is 13.8 Å². The molecule has 0 radical (unpaired) electrons. The Bertz CT molecular complexity index is 960. The number of alkyl halides is 3. The molecule has 0 spiro atoms. The van der Waals surface area contributed by atoms with Crippen LogP contribution < -0.4 is 0 Å². The fourth-order valence-electron chi connectivity index (χ4n) is 3.07. The van der Waals surface area contributed by atoms with Gasteiger partial charge in [0.2, 0.25) is 0 Å². The number of nitrogens with zero attached hydrogens (tertiary/aromatic N) is 2. The van der Waals surface area contributed by atoms with Crippen molar-refractivity contribution in [3.63, 3.8) is 0 Å². The monoisotopic (exact) mass is 410 g/mol. The van der Waals surface area contributed by atoms with Gasteiger partial charge in [0.1, 0.15) is 4.32 Å². The molecule has 3 nitrogen and oxygen atoms in total. The second-order valence-electron chi connectivity index (χ2n) is 6.14. The minimum Gasteiger partial charge on any atom is -0.318 e. The summed E-state index contributed by atoms with van der Waals surface area (Å²) in [5.41, 5.74) is 2.05. The summed E-state index contributed by atoms with van der Waals surface area (Å²) in [6.07, 6.45) is -2.65. The normalized spacial score (nSPS) is 16.7. The van der Waals surface area contributed by atoms with E-state index < -0.39 is 11.7 Å². The SMILES string of the molecule is CCN1C(=O)/C(=C/c2cc(C)n(-c3cccc(C(F)(F)F)c3)c2C)SC1=S. The summed E-state index contributed by atoms with van der Waals surface area (Å²) in [5.74, 6) is -0.142. The zero-order valence-electron chi connectivity index (χ0n) is 14.9. The lowest BCUT2D eigenvalue weighted by atomic mass is 10.2. The molecular formula is C19H17F3N2OS2. The summed E-state index contributed by atoms with van der Waals surface area (Å²) in [5, 5.41) is 0. The average molecular weight is 410 g/mol. The van der Waals surface area contributed by atoms with E-state index >= 15 is 0 Å². The molecule has 8 heteroatoms. The summed E-state index contributed by atoms with van der Waals surface area (Å²) in [4.78, 5) is 14.4.